The van der Waals surface area contributed by atoms with Crippen LogP contribution in [0.1, 0.15) is 49.0 Å². The number of rotatable bonds is 6. The molecule has 4 nitrogen and oxygen atoms in total. The lowest BCUT2D eigenvalue weighted by atomic mass is 9.95. The average molecular weight is 264 g/mol. The minimum atomic E-state index is -0.349. The van der Waals surface area contributed by atoms with E-state index in [9.17, 15) is 9.59 Å². The van der Waals surface area contributed by atoms with Gasteiger partial charge in [-0.1, -0.05) is 19.1 Å². The summed E-state index contributed by atoms with van der Waals surface area (Å²) < 4.78 is 9.95. The molecule has 0 aliphatic carbocycles. The molecule has 1 unspecified atom stereocenters. The van der Waals surface area contributed by atoms with Crippen LogP contribution in [0.4, 0.5) is 0 Å². The van der Waals surface area contributed by atoms with E-state index >= 15 is 0 Å². The lowest BCUT2D eigenvalue weighted by molar-refractivity contribution is -0.145. The molecule has 19 heavy (non-hydrogen) atoms. The molecule has 1 aromatic rings. The summed E-state index contributed by atoms with van der Waals surface area (Å²) in [6, 6.07) is 6.90. The van der Waals surface area contributed by atoms with Crippen molar-refractivity contribution >= 4 is 11.9 Å². The molecule has 0 bridgehead atoms. The summed E-state index contributed by atoms with van der Waals surface area (Å²) in [6.07, 6.45) is 0.664. The summed E-state index contributed by atoms with van der Waals surface area (Å²) in [7, 11) is 0. The largest absolute Gasteiger partial charge is 0.466 e. The molecule has 1 rings (SSSR count). The highest BCUT2D eigenvalue weighted by molar-refractivity contribution is 5.89. The smallest absolute Gasteiger partial charge is 0.338 e. The normalized spacial score (nSPS) is 11.7. The Morgan fingerprint density at radius 2 is 1.58 bits per heavy atom. The maximum absolute atomic E-state index is 11.8. The zero-order chi connectivity index (χ0) is 14.3. The van der Waals surface area contributed by atoms with E-state index in [4.69, 9.17) is 9.47 Å². The van der Waals surface area contributed by atoms with Crippen molar-refractivity contribution in [1.29, 1.82) is 0 Å². The first kappa shape index (κ1) is 15.2. The van der Waals surface area contributed by atoms with Gasteiger partial charge in [0.1, 0.15) is 0 Å². The van der Waals surface area contributed by atoms with E-state index < -0.39 is 0 Å². The second-order valence-corrected chi connectivity index (χ2v) is 4.06. The van der Waals surface area contributed by atoms with E-state index in [0.717, 1.165) is 5.56 Å². The Morgan fingerprint density at radius 1 is 1.00 bits per heavy atom. The van der Waals surface area contributed by atoms with E-state index in [1.54, 1.807) is 38.1 Å². The van der Waals surface area contributed by atoms with Gasteiger partial charge in [0.25, 0.3) is 0 Å². The van der Waals surface area contributed by atoms with E-state index in [-0.39, 0.29) is 17.9 Å². The minimum Gasteiger partial charge on any atom is -0.466 e. The van der Waals surface area contributed by atoms with Crippen molar-refractivity contribution in [2.75, 3.05) is 13.2 Å². The van der Waals surface area contributed by atoms with Crippen LogP contribution >= 0.6 is 0 Å². The highest BCUT2D eigenvalue weighted by atomic mass is 16.5. The fourth-order valence-electron chi connectivity index (χ4n) is 1.85. The fraction of sp³-hybridized carbons (Fsp3) is 0.467. The van der Waals surface area contributed by atoms with Crippen LogP contribution in [0.3, 0.4) is 0 Å². The topological polar surface area (TPSA) is 52.6 Å². The molecule has 0 aliphatic rings. The van der Waals surface area contributed by atoms with Crippen LogP contribution in [0.15, 0.2) is 24.3 Å². The number of hydrogen-bond acceptors (Lipinski definition) is 4. The van der Waals surface area contributed by atoms with Gasteiger partial charge in [0.2, 0.25) is 0 Å². The minimum absolute atomic E-state index is 0.228. The van der Waals surface area contributed by atoms with Crippen LogP contribution in [0.25, 0.3) is 0 Å². The van der Waals surface area contributed by atoms with Crippen molar-refractivity contribution in [2.24, 2.45) is 0 Å². The van der Waals surface area contributed by atoms with Gasteiger partial charge in [0, 0.05) is 0 Å². The molecule has 0 aromatic heterocycles. The first-order valence-electron chi connectivity index (χ1n) is 6.57. The standard InChI is InChI=1S/C15H20O4/c1-4-13(15(17)19-6-3)11-7-9-12(10-8-11)14(16)18-5-2/h7-10,13H,4-6H2,1-3H3. The lowest BCUT2D eigenvalue weighted by Crippen LogP contribution is -2.15. The zero-order valence-corrected chi connectivity index (χ0v) is 11.6. The van der Waals surface area contributed by atoms with Gasteiger partial charge in [0.05, 0.1) is 24.7 Å². The third kappa shape index (κ3) is 4.09. The van der Waals surface area contributed by atoms with Gasteiger partial charge in [-0.15, -0.1) is 0 Å². The Labute approximate surface area is 113 Å². The third-order valence-electron chi connectivity index (χ3n) is 2.80. The van der Waals surface area contributed by atoms with Gasteiger partial charge in [0.15, 0.2) is 0 Å². The van der Waals surface area contributed by atoms with Crippen molar-refractivity contribution in [2.45, 2.75) is 33.1 Å². The second kappa shape index (κ2) is 7.56. The molecule has 0 spiro atoms. The highest BCUT2D eigenvalue weighted by Crippen LogP contribution is 2.21. The molecule has 0 saturated heterocycles. The van der Waals surface area contributed by atoms with E-state index in [2.05, 4.69) is 0 Å². The number of benzene rings is 1. The summed E-state index contributed by atoms with van der Waals surface area (Å²) in [5.41, 5.74) is 1.35. The maximum atomic E-state index is 11.8. The van der Waals surface area contributed by atoms with Gasteiger partial charge in [-0.2, -0.15) is 0 Å². The summed E-state index contributed by atoms with van der Waals surface area (Å²) in [5.74, 6) is -0.858. The van der Waals surface area contributed by atoms with Crippen molar-refractivity contribution in [3.8, 4) is 0 Å². The number of hydrogen-bond donors (Lipinski definition) is 0. The molecular weight excluding hydrogens is 244 g/mol. The van der Waals surface area contributed by atoms with Crippen molar-refractivity contribution in [1.82, 2.24) is 0 Å². The van der Waals surface area contributed by atoms with Crippen LogP contribution in [-0.2, 0) is 14.3 Å². The monoisotopic (exact) mass is 264 g/mol. The van der Waals surface area contributed by atoms with E-state index in [0.29, 0.717) is 25.2 Å². The summed E-state index contributed by atoms with van der Waals surface area (Å²) in [5, 5.41) is 0. The molecule has 0 aliphatic heterocycles. The fourth-order valence-corrected chi connectivity index (χ4v) is 1.85. The average Bonchev–Trinajstić information content (AvgIpc) is 2.41. The predicted octanol–water partition coefficient (Wildman–Crippen LogP) is 2.92. The van der Waals surface area contributed by atoms with Crippen LogP contribution in [0.5, 0.6) is 0 Å². The number of carbonyl (C=O) groups excluding carboxylic acids is 2. The molecule has 0 radical (unpaired) electrons. The number of carbonyl (C=O) groups is 2. The molecule has 0 N–H and O–H groups in total. The Hall–Kier alpha value is -1.84. The van der Waals surface area contributed by atoms with Crippen molar-refractivity contribution in [3.63, 3.8) is 0 Å². The lowest BCUT2D eigenvalue weighted by Gasteiger charge is -2.14. The molecule has 0 fully saturated rings. The number of ether oxygens (including phenoxy) is 2. The van der Waals surface area contributed by atoms with E-state index in [1.807, 2.05) is 6.92 Å². The second-order valence-electron chi connectivity index (χ2n) is 4.06. The highest BCUT2D eigenvalue weighted by Gasteiger charge is 2.20. The Balaban J connectivity index is 2.84. The van der Waals surface area contributed by atoms with Crippen LogP contribution < -0.4 is 0 Å². The summed E-state index contributed by atoms with van der Waals surface area (Å²) >= 11 is 0. The molecule has 1 aromatic carbocycles. The van der Waals surface area contributed by atoms with Crippen LogP contribution in [-0.4, -0.2) is 25.2 Å². The van der Waals surface area contributed by atoms with Crippen LogP contribution in [0.2, 0.25) is 0 Å². The zero-order valence-electron chi connectivity index (χ0n) is 11.6. The molecule has 104 valence electrons. The third-order valence-corrected chi connectivity index (χ3v) is 2.80. The van der Waals surface area contributed by atoms with E-state index in [1.165, 1.54) is 0 Å². The molecule has 0 saturated carbocycles. The first-order chi connectivity index (χ1) is 9.13. The SMILES string of the molecule is CCOC(=O)c1ccc(C(CC)C(=O)OCC)cc1. The van der Waals surface area contributed by atoms with Gasteiger partial charge in [-0.3, -0.25) is 4.79 Å². The van der Waals surface area contributed by atoms with Crippen molar-refractivity contribution in [3.05, 3.63) is 35.4 Å². The quantitative estimate of drug-likeness (QED) is 0.741. The van der Waals surface area contributed by atoms with Gasteiger partial charge in [-0.25, -0.2) is 4.79 Å². The Morgan fingerprint density at radius 3 is 2.05 bits per heavy atom. The molecule has 4 heteroatoms. The Bertz CT molecular complexity index is 422. The molecule has 1 atom stereocenters. The first-order valence-corrected chi connectivity index (χ1v) is 6.57. The molecular formula is C15H20O4. The van der Waals surface area contributed by atoms with Crippen molar-refractivity contribution < 1.29 is 19.1 Å². The van der Waals surface area contributed by atoms with Gasteiger partial charge >= 0.3 is 11.9 Å². The number of esters is 2. The molecule has 0 amide bonds. The predicted molar refractivity (Wildman–Crippen MR) is 72.1 cm³/mol. The van der Waals surface area contributed by atoms with Crippen LogP contribution in [0, 0.1) is 0 Å². The molecule has 0 heterocycles. The van der Waals surface area contributed by atoms with Gasteiger partial charge in [-0.05, 0) is 38.0 Å². The van der Waals surface area contributed by atoms with Gasteiger partial charge < -0.3 is 9.47 Å². The summed E-state index contributed by atoms with van der Waals surface area (Å²) in [6.45, 7) is 6.20. The Kier molecular flexibility index (Phi) is 6.06. The summed E-state index contributed by atoms with van der Waals surface area (Å²) in [4.78, 5) is 23.3. The maximum Gasteiger partial charge on any atom is 0.338 e.